The number of nitrogens with one attached hydrogen (secondary N) is 2. The van der Waals surface area contributed by atoms with E-state index in [9.17, 15) is 12.8 Å². The van der Waals surface area contributed by atoms with Crippen molar-refractivity contribution in [2.24, 2.45) is 16.6 Å². The van der Waals surface area contributed by atoms with Crippen molar-refractivity contribution in [3.05, 3.63) is 65.5 Å². The van der Waals surface area contributed by atoms with Crippen molar-refractivity contribution in [1.29, 1.82) is 0 Å². The predicted octanol–water partition coefficient (Wildman–Crippen LogP) is 2.98. The molecule has 4 N–H and O–H groups in total. The molecule has 2 aromatic rings. The van der Waals surface area contributed by atoms with Crippen LogP contribution in [0.1, 0.15) is 25.0 Å². The first-order valence-corrected chi connectivity index (χ1v) is 10.1. The van der Waals surface area contributed by atoms with Crippen molar-refractivity contribution >= 4 is 40.0 Å². The largest absolute Gasteiger partial charge is 0.370 e. The number of halogens is 2. The number of sulfonamides is 1. The Kier molecular flexibility index (Phi) is 9.83. The molecule has 0 heterocycles. The second kappa shape index (κ2) is 11.3. The molecule has 9 heteroatoms. The van der Waals surface area contributed by atoms with Gasteiger partial charge in [-0.15, -0.1) is 24.0 Å². The van der Waals surface area contributed by atoms with Gasteiger partial charge in [0.25, 0.3) is 0 Å². The van der Waals surface area contributed by atoms with Crippen LogP contribution in [0.3, 0.4) is 0 Å². The van der Waals surface area contributed by atoms with Gasteiger partial charge in [0, 0.05) is 13.1 Å². The third kappa shape index (κ3) is 8.11. The summed E-state index contributed by atoms with van der Waals surface area (Å²) in [4.78, 5) is 4.34. The van der Waals surface area contributed by atoms with E-state index in [1.54, 1.807) is 24.3 Å². The molecule has 6 nitrogen and oxygen atoms in total. The highest BCUT2D eigenvalue weighted by Gasteiger charge is 2.14. The summed E-state index contributed by atoms with van der Waals surface area (Å²) in [6, 6.07) is 12.3. The maximum atomic E-state index is 13.2. The minimum Gasteiger partial charge on any atom is -0.370 e. The fourth-order valence-electron chi connectivity index (χ4n) is 2.26. The standard InChI is InChI=1S/C19H25FN4O2S.HI/c1-14(2)11-22-19(21)23-12-16-6-4-8-18(10-16)27(25,26)24-13-15-5-3-7-17(20)9-15;/h3-10,14,24H,11-13H2,1-2H3,(H3,21,22,23);1H. The van der Waals surface area contributed by atoms with E-state index in [-0.39, 0.29) is 42.0 Å². The number of hydrogen-bond acceptors (Lipinski definition) is 3. The van der Waals surface area contributed by atoms with Crippen LogP contribution in [-0.4, -0.2) is 20.9 Å². The molecule has 2 aromatic carbocycles. The van der Waals surface area contributed by atoms with E-state index in [4.69, 9.17) is 5.73 Å². The van der Waals surface area contributed by atoms with Crippen LogP contribution in [-0.2, 0) is 23.1 Å². The van der Waals surface area contributed by atoms with Gasteiger partial charge in [0.15, 0.2) is 5.96 Å². The summed E-state index contributed by atoms with van der Waals surface area (Å²) < 4.78 is 40.6. The third-order valence-electron chi connectivity index (χ3n) is 3.69. The molecule has 0 amide bonds. The molecule has 0 aromatic heterocycles. The molecule has 0 atom stereocenters. The van der Waals surface area contributed by atoms with Gasteiger partial charge in [-0.25, -0.2) is 22.5 Å². The van der Waals surface area contributed by atoms with E-state index in [1.807, 2.05) is 0 Å². The molecular weight excluding hydrogens is 494 g/mol. The van der Waals surface area contributed by atoms with Gasteiger partial charge >= 0.3 is 0 Å². The van der Waals surface area contributed by atoms with Gasteiger partial charge in [-0.05, 0) is 41.3 Å². The Labute approximate surface area is 182 Å². The van der Waals surface area contributed by atoms with Gasteiger partial charge in [0.2, 0.25) is 10.0 Å². The van der Waals surface area contributed by atoms with Crippen molar-refractivity contribution in [3.8, 4) is 0 Å². The van der Waals surface area contributed by atoms with Crippen LogP contribution in [0.2, 0.25) is 0 Å². The highest BCUT2D eigenvalue weighted by molar-refractivity contribution is 14.0. The van der Waals surface area contributed by atoms with E-state index in [0.717, 1.165) is 5.56 Å². The normalized spacial score (nSPS) is 11.9. The SMILES string of the molecule is CC(C)CNC(N)=NCc1cccc(S(=O)(=O)NCc2cccc(F)c2)c1.I. The molecule has 0 spiro atoms. The quantitative estimate of drug-likeness (QED) is 0.283. The van der Waals surface area contributed by atoms with Gasteiger partial charge in [-0.3, -0.25) is 0 Å². The average molecular weight is 520 g/mol. The summed E-state index contributed by atoms with van der Waals surface area (Å²) in [5.74, 6) is 0.354. The minimum atomic E-state index is -3.72. The zero-order valence-electron chi connectivity index (χ0n) is 15.9. The number of nitrogens with two attached hydrogens (primary N) is 1. The lowest BCUT2D eigenvalue weighted by Crippen LogP contribution is -2.34. The van der Waals surface area contributed by atoms with Crippen molar-refractivity contribution < 1.29 is 12.8 Å². The van der Waals surface area contributed by atoms with Crippen LogP contribution in [0.15, 0.2) is 58.4 Å². The number of guanidine groups is 1. The number of rotatable bonds is 8. The summed E-state index contributed by atoms with van der Waals surface area (Å²) in [7, 11) is -3.72. The summed E-state index contributed by atoms with van der Waals surface area (Å²) in [5.41, 5.74) is 7.06. The highest BCUT2D eigenvalue weighted by Crippen LogP contribution is 2.13. The van der Waals surface area contributed by atoms with Crippen LogP contribution in [0.25, 0.3) is 0 Å². The molecule has 0 aliphatic carbocycles. The summed E-state index contributed by atoms with van der Waals surface area (Å²) in [6.07, 6.45) is 0. The van der Waals surface area contributed by atoms with Gasteiger partial charge in [-0.1, -0.05) is 38.1 Å². The Hall–Kier alpha value is -1.72. The molecule has 0 unspecified atom stereocenters. The van der Waals surface area contributed by atoms with Crippen LogP contribution >= 0.6 is 24.0 Å². The Balaban J connectivity index is 0.00000392. The highest BCUT2D eigenvalue weighted by atomic mass is 127. The van der Waals surface area contributed by atoms with Gasteiger partial charge in [0.05, 0.1) is 11.4 Å². The molecular formula is C19H26FIN4O2S. The first-order valence-electron chi connectivity index (χ1n) is 8.63. The van der Waals surface area contributed by atoms with Gasteiger partial charge in [-0.2, -0.15) is 0 Å². The zero-order valence-corrected chi connectivity index (χ0v) is 19.0. The Morgan fingerprint density at radius 2 is 1.82 bits per heavy atom. The Morgan fingerprint density at radius 3 is 2.50 bits per heavy atom. The monoisotopic (exact) mass is 520 g/mol. The lowest BCUT2D eigenvalue weighted by atomic mass is 10.2. The molecule has 0 fully saturated rings. The number of aliphatic imine (C=N–C) groups is 1. The minimum absolute atomic E-state index is 0. The number of nitrogens with zero attached hydrogens (tertiary/aromatic N) is 1. The van der Waals surface area contributed by atoms with E-state index < -0.39 is 15.8 Å². The van der Waals surface area contributed by atoms with Crippen molar-refractivity contribution in [2.75, 3.05) is 6.54 Å². The summed E-state index contributed by atoms with van der Waals surface area (Å²) in [5, 5.41) is 3.01. The van der Waals surface area contributed by atoms with Crippen LogP contribution in [0.4, 0.5) is 4.39 Å². The van der Waals surface area contributed by atoms with E-state index in [1.165, 1.54) is 24.3 Å². The smallest absolute Gasteiger partial charge is 0.240 e. The van der Waals surface area contributed by atoms with E-state index in [2.05, 4.69) is 28.9 Å². The lowest BCUT2D eigenvalue weighted by Gasteiger charge is -2.09. The predicted molar refractivity (Wildman–Crippen MR) is 120 cm³/mol. The first kappa shape index (κ1) is 24.3. The Morgan fingerprint density at radius 1 is 1.14 bits per heavy atom. The summed E-state index contributed by atoms with van der Waals surface area (Å²) >= 11 is 0. The number of hydrogen-bond donors (Lipinski definition) is 3. The average Bonchev–Trinajstić information content (AvgIpc) is 2.63. The number of benzene rings is 2. The van der Waals surface area contributed by atoms with E-state index >= 15 is 0 Å². The molecule has 2 rings (SSSR count). The second-order valence-electron chi connectivity index (χ2n) is 6.58. The van der Waals surface area contributed by atoms with Crippen molar-refractivity contribution in [3.63, 3.8) is 0 Å². The van der Waals surface area contributed by atoms with Crippen molar-refractivity contribution in [1.82, 2.24) is 10.0 Å². The maximum Gasteiger partial charge on any atom is 0.240 e. The second-order valence-corrected chi connectivity index (χ2v) is 8.35. The zero-order chi connectivity index (χ0) is 19.9. The molecule has 0 radical (unpaired) electrons. The third-order valence-corrected chi connectivity index (χ3v) is 5.09. The lowest BCUT2D eigenvalue weighted by molar-refractivity contribution is 0.580. The molecule has 0 aliphatic heterocycles. The molecule has 0 aliphatic rings. The van der Waals surface area contributed by atoms with Crippen LogP contribution < -0.4 is 15.8 Å². The Bertz CT molecular complexity index is 904. The maximum absolute atomic E-state index is 13.2. The van der Waals surface area contributed by atoms with Crippen LogP contribution in [0, 0.1) is 11.7 Å². The molecule has 154 valence electrons. The fraction of sp³-hybridized carbons (Fsp3) is 0.316. The van der Waals surface area contributed by atoms with Crippen LogP contribution in [0.5, 0.6) is 0 Å². The topological polar surface area (TPSA) is 96.6 Å². The van der Waals surface area contributed by atoms with E-state index in [0.29, 0.717) is 24.0 Å². The molecule has 28 heavy (non-hydrogen) atoms. The van der Waals surface area contributed by atoms with Crippen molar-refractivity contribution in [2.45, 2.75) is 31.8 Å². The molecule has 0 saturated carbocycles. The summed E-state index contributed by atoms with van der Waals surface area (Å²) in [6.45, 7) is 5.11. The fourth-order valence-corrected chi connectivity index (χ4v) is 3.35. The molecule has 0 saturated heterocycles. The molecule has 0 bridgehead atoms. The van der Waals surface area contributed by atoms with Gasteiger partial charge in [0.1, 0.15) is 5.82 Å². The first-order chi connectivity index (χ1) is 12.8. The van der Waals surface area contributed by atoms with Gasteiger partial charge < -0.3 is 11.1 Å².